The molecule has 0 aliphatic heterocycles. The Morgan fingerprint density at radius 3 is 2.50 bits per heavy atom. The van der Waals surface area contributed by atoms with Crippen LogP contribution in [0.15, 0.2) is 12.2 Å². The molecule has 0 aromatic heterocycles. The van der Waals surface area contributed by atoms with E-state index in [9.17, 15) is 13.2 Å². The lowest BCUT2D eigenvalue weighted by atomic mass is 9.70. The number of hydrogen-bond acceptors (Lipinski definition) is 4. The van der Waals surface area contributed by atoms with Crippen molar-refractivity contribution >= 4 is 15.9 Å². The van der Waals surface area contributed by atoms with Crippen LogP contribution in [0.2, 0.25) is 0 Å². The van der Waals surface area contributed by atoms with E-state index < -0.39 is 15.5 Å². The smallest absolute Gasteiger partial charge is 0.268 e. The van der Waals surface area contributed by atoms with Gasteiger partial charge in [-0.25, -0.2) is 0 Å². The van der Waals surface area contributed by atoms with Crippen LogP contribution < -0.4 is 0 Å². The summed E-state index contributed by atoms with van der Waals surface area (Å²) >= 11 is 0. The number of allylic oxidation sites excluding steroid dienone is 1. The summed E-state index contributed by atoms with van der Waals surface area (Å²) in [5.74, 6) is 0.558. The average Bonchev–Trinajstić information content (AvgIpc) is 2.98. The molecule has 3 aliphatic rings. The van der Waals surface area contributed by atoms with Crippen LogP contribution in [0.25, 0.3) is 0 Å². The maximum Gasteiger partial charge on any atom is 0.268 e. The Balaban J connectivity index is 1.69. The van der Waals surface area contributed by atoms with E-state index in [0.29, 0.717) is 18.8 Å². The molecule has 22 heavy (non-hydrogen) atoms. The largest absolute Gasteiger partial charge is 0.299 e. The second-order valence-electron chi connectivity index (χ2n) is 8.01. The first kappa shape index (κ1) is 16.2. The Morgan fingerprint density at radius 1 is 1.27 bits per heavy atom. The molecule has 0 aromatic rings. The van der Waals surface area contributed by atoms with Gasteiger partial charge in [-0.1, -0.05) is 26.0 Å². The van der Waals surface area contributed by atoms with Gasteiger partial charge in [0, 0.05) is 6.42 Å². The van der Waals surface area contributed by atoms with E-state index in [2.05, 4.69) is 6.58 Å². The van der Waals surface area contributed by atoms with Crippen LogP contribution in [0.3, 0.4) is 0 Å². The first-order valence-electron chi connectivity index (χ1n) is 8.23. The standard InChI is InChI=1S/C17H26O4S/c1-12-4-5-13(8-12)10-21-22(19,20)11-17-7-6-14(9-15(17)18)16(17,2)3/h13-14H,1,4-11H2,2-3H3. The van der Waals surface area contributed by atoms with Crippen LogP contribution in [-0.2, 0) is 19.1 Å². The third-order valence-corrected chi connectivity index (χ3v) is 7.87. The molecule has 3 atom stereocenters. The van der Waals surface area contributed by atoms with Crippen LogP contribution in [0.4, 0.5) is 0 Å². The number of ketones is 1. The van der Waals surface area contributed by atoms with Crippen LogP contribution >= 0.6 is 0 Å². The van der Waals surface area contributed by atoms with Gasteiger partial charge < -0.3 is 0 Å². The zero-order chi connectivity index (χ0) is 16.2. The van der Waals surface area contributed by atoms with Gasteiger partial charge in [-0.2, -0.15) is 8.42 Å². The number of carbonyl (C=O) groups is 1. The summed E-state index contributed by atoms with van der Waals surface area (Å²) in [5, 5.41) is 0. The number of fused-ring (bicyclic) bond motifs is 2. The molecule has 0 amide bonds. The molecule has 5 heteroatoms. The Bertz CT molecular complexity index is 604. The van der Waals surface area contributed by atoms with Crippen molar-refractivity contribution in [1.82, 2.24) is 0 Å². The lowest BCUT2D eigenvalue weighted by Gasteiger charge is -2.35. The van der Waals surface area contributed by atoms with Crippen molar-refractivity contribution in [2.45, 2.75) is 52.4 Å². The summed E-state index contributed by atoms with van der Waals surface area (Å²) in [7, 11) is -3.67. The molecule has 0 N–H and O–H groups in total. The van der Waals surface area contributed by atoms with Crippen molar-refractivity contribution in [1.29, 1.82) is 0 Å². The van der Waals surface area contributed by atoms with Crippen LogP contribution in [0.1, 0.15) is 52.4 Å². The van der Waals surface area contributed by atoms with E-state index in [0.717, 1.165) is 25.7 Å². The Kier molecular flexibility index (Phi) is 3.80. The fourth-order valence-electron chi connectivity index (χ4n) is 4.81. The fourth-order valence-corrected chi connectivity index (χ4v) is 6.58. The van der Waals surface area contributed by atoms with Crippen LogP contribution in [0, 0.1) is 22.7 Å². The second kappa shape index (κ2) is 5.17. The minimum absolute atomic E-state index is 0.121. The molecule has 3 fully saturated rings. The average molecular weight is 326 g/mol. The molecule has 3 unspecified atom stereocenters. The fraction of sp³-hybridized carbons (Fsp3) is 0.824. The van der Waals surface area contributed by atoms with Crippen molar-refractivity contribution in [3.8, 4) is 0 Å². The predicted molar refractivity (Wildman–Crippen MR) is 84.8 cm³/mol. The van der Waals surface area contributed by atoms with Gasteiger partial charge in [0.05, 0.1) is 17.8 Å². The van der Waals surface area contributed by atoms with Crippen molar-refractivity contribution in [2.24, 2.45) is 22.7 Å². The lowest BCUT2D eigenvalue weighted by molar-refractivity contribution is -0.128. The third kappa shape index (κ3) is 2.46. The minimum Gasteiger partial charge on any atom is -0.299 e. The van der Waals surface area contributed by atoms with Gasteiger partial charge >= 0.3 is 0 Å². The summed E-state index contributed by atoms with van der Waals surface area (Å²) in [6.07, 6.45) is 4.94. The predicted octanol–water partition coefficient (Wildman–Crippen LogP) is 3.08. The molecule has 3 saturated carbocycles. The van der Waals surface area contributed by atoms with Crippen LogP contribution in [-0.4, -0.2) is 26.6 Å². The molecule has 4 nitrogen and oxygen atoms in total. The number of carbonyl (C=O) groups excluding carboxylic acids is 1. The molecule has 124 valence electrons. The lowest BCUT2D eigenvalue weighted by Crippen LogP contribution is -2.42. The summed E-state index contributed by atoms with van der Waals surface area (Å²) in [5.41, 5.74) is 0.216. The van der Waals surface area contributed by atoms with Gasteiger partial charge in [0.2, 0.25) is 0 Å². The molecule has 0 heterocycles. The van der Waals surface area contributed by atoms with Gasteiger partial charge in [0.25, 0.3) is 10.1 Å². The molecule has 0 aromatic carbocycles. The maximum atomic E-state index is 12.4. The van der Waals surface area contributed by atoms with E-state index in [4.69, 9.17) is 4.18 Å². The number of hydrogen-bond donors (Lipinski definition) is 0. The molecule has 0 spiro atoms. The Labute approximate surface area is 133 Å². The first-order valence-corrected chi connectivity index (χ1v) is 9.81. The Morgan fingerprint density at radius 2 is 2.00 bits per heavy atom. The van der Waals surface area contributed by atoms with E-state index in [1.807, 2.05) is 13.8 Å². The number of rotatable bonds is 5. The van der Waals surface area contributed by atoms with E-state index in [-0.39, 0.29) is 29.5 Å². The molecule has 3 rings (SSSR count). The highest BCUT2D eigenvalue weighted by Gasteiger charge is 2.65. The highest BCUT2D eigenvalue weighted by molar-refractivity contribution is 7.86. The van der Waals surface area contributed by atoms with Crippen molar-refractivity contribution in [2.75, 3.05) is 12.4 Å². The monoisotopic (exact) mass is 326 g/mol. The molecular formula is C17H26O4S. The van der Waals surface area contributed by atoms with E-state index in [1.54, 1.807) is 0 Å². The summed E-state index contributed by atoms with van der Waals surface area (Å²) in [6, 6.07) is 0. The van der Waals surface area contributed by atoms with Gasteiger partial charge in [0.1, 0.15) is 5.78 Å². The van der Waals surface area contributed by atoms with Crippen molar-refractivity contribution < 1.29 is 17.4 Å². The molecule has 0 radical (unpaired) electrons. The Hall–Kier alpha value is -0.680. The minimum atomic E-state index is -3.67. The maximum absolute atomic E-state index is 12.4. The van der Waals surface area contributed by atoms with Gasteiger partial charge in [-0.15, -0.1) is 0 Å². The van der Waals surface area contributed by atoms with Gasteiger partial charge in [-0.05, 0) is 49.4 Å². The SMILES string of the molecule is C=C1CCC(COS(=O)(=O)CC23CCC(CC2=O)C3(C)C)C1. The highest BCUT2D eigenvalue weighted by atomic mass is 32.2. The van der Waals surface area contributed by atoms with Crippen LogP contribution in [0.5, 0.6) is 0 Å². The second-order valence-corrected chi connectivity index (χ2v) is 9.65. The van der Waals surface area contributed by atoms with E-state index in [1.165, 1.54) is 5.57 Å². The first-order chi connectivity index (χ1) is 10.2. The van der Waals surface area contributed by atoms with Crippen molar-refractivity contribution in [3.63, 3.8) is 0 Å². The topological polar surface area (TPSA) is 60.4 Å². The van der Waals surface area contributed by atoms with Crippen molar-refractivity contribution in [3.05, 3.63) is 12.2 Å². The third-order valence-electron chi connectivity index (χ3n) is 6.53. The zero-order valence-corrected chi connectivity index (χ0v) is 14.4. The molecule has 3 aliphatic carbocycles. The number of Topliss-reactive ketones (excluding diaryl/α,β-unsaturated/α-hetero) is 1. The summed E-state index contributed by atoms with van der Waals surface area (Å²) in [4.78, 5) is 12.4. The van der Waals surface area contributed by atoms with Gasteiger partial charge in [0.15, 0.2) is 0 Å². The van der Waals surface area contributed by atoms with Gasteiger partial charge in [-0.3, -0.25) is 8.98 Å². The zero-order valence-electron chi connectivity index (χ0n) is 13.6. The summed E-state index contributed by atoms with van der Waals surface area (Å²) in [6.45, 7) is 8.27. The van der Waals surface area contributed by atoms with E-state index >= 15 is 0 Å². The quantitative estimate of drug-likeness (QED) is 0.575. The molecule has 0 saturated heterocycles. The highest BCUT2D eigenvalue weighted by Crippen LogP contribution is 2.64. The molecular weight excluding hydrogens is 300 g/mol. The normalized spacial score (nSPS) is 37.2. The summed E-state index contributed by atoms with van der Waals surface area (Å²) < 4.78 is 30.2. The molecule has 2 bridgehead atoms.